The number of methoxy groups -OCH3 is 1. The van der Waals surface area contributed by atoms with E-state index in [0.29, 0.717) is 12.0 Å². The monoisotopic (exact) mass is 587 g/mol. The Kier molecular flexibility index (Phi) is 9.52. The van der Waals surface area contributed by atoms with Crippen molar-refractivity contribution >= 4 is 26.8 Å². The van der Waals surface area contributed by atoms with Crippen molar-refractivity contribution in [2.24, 2.45) is 0 Å². The van der Waals surface area contributed by atoms with Gasteiger partial charge in [0.1, 0.15) is 0 Å². The minimum absolute atomic E-state index is 0.0159. The SMILES string of the molecule is COCCN(CC(=O)N(CCc1c[nH]c2ccccc12)Cc1ccc(C(F)(F)F)cc1)S(=O)(=O)c1ccc(C)cc1. The summed E-state index contributed by atoms with van der Waals surface area (Å²) in [5, 5.41) is 0.998. The molecular formula is C30H32F3N3O4S. The van der Waals surface area contributed by atoms with Crippen LogP contribution in [0.3, 0.4) is 0 Å². The number of benzene rings is 3. The third-order valence-corrected chi connectivity index (χ3v) is 8.71. The van der Waals surface area contributed by atoms with Crippen molar-refractivity contribution in [2.45, 2.75) is 31.0 Å². The number of para-hydroxylation sites is 1. The van der Waals surface area contributed by atoms with E-state index in [-0.39, 0.29) is 31.1 Å². The Morgan fingerprint density at radius 2 is 1.63 bits per heavy atom. The number of halogens is 3. The summed E-state index contributed by atoms with van der Waals surface area (Å²) < 4.78 is 72.4. The quantitative estimate of drug-likeness (QED) is 0.241. The van der Waals surface area contributed by atoms with Crippen LogP contribution in [0.15, 0.2) is 83.9 Å². The average molecular weight is 588 g/mol. The lowest BCUT2D eigenvalue weighted by atomic mass is 10.1. The molecule has 0 aliphatic carbocycles. The first-order valence-corrected chi connectivity index (χ1v) is 14.5. The predicted molar refractivity (Wildman–Crippen MR) is 151 cm³/mol. The molecule has 0 saturated heterocycles. The zero-order valence-electron chi connectivity index (χ0n) is 22.8. The standard InChI is InChI=1S/C30H32F3N3O4S/c1-22-7-13-26(14-8-22)41(38,39)36(17-18-40-2)21-29(37)35(20-23-9-11-25(12-10-23)30(31,32)33)16-15-24-19-34-28-6-4-3-5-27(24)28/h3-14,19,34H,15-18,20-21H2,1-2H3. The summed E-state index contributed by atoms with van der Waals surface area (Å²) >= 11 is 0. The molecule has 1 aromatic heterocycles. The van der Waals surface area contributed by atoms with Gasteiger partial charge < -0.3 is 14.6 Å². The summed E-state index contributed by atoms with van der Waals surface area (Å²) in [7, 11) is -2.58. The lowest BCUT2D eigenvalue weighted by Gasteiger charge is -2.27. The van der Waals surface area contributed by atoms with E-state index in [0.717, 1.165) is 38.5 Å². The van der Waals surface area contributed by atoms with E-state index in [2.05, 4.69) is 4.98 Å². The number of hydrogen-bond donors (Lipinski definition) is 1. The molecule has 0 bridgehead atoms. The normalized spacial score (nSPS) is 12.2. The molecule has 3 aromatic carbocycles. The van der Waals surface area contributed by atoms with E-state index in [1.54, 1.807) is 12.1 Å². The zero-order valence-corrected chi connectivity index (χ0v) is 23.6. The second kappa shape index (κ2) is 12.9. The van der Waals surface area contributed by atoms with Gasteiger partial charge in [0, 0.05) is 43.8 Å². The summed E-state index contributed by atoms with van der Waals surface area (Å²) in [6.07, 6.45) is -2.16. The number of aryl methyl sites for hydroxylation is 1. The summed E-state index contributed by atoms with van der Waals surface area (Å²) in [6.45, 7) is 1.66. The Labute approximate surface area is 237 Å². The van der Waals surface area contributed by atoms with E-state index in [9.17, 15) is 26.4 Å². The topological polar surface area (TPSA) is 82.7 Å². The van der Waals surface area contributed by atoms with Gasteiger partial charge in [-0.15, -0.1) is 0 Å². The number of nitrogens with zero attached hydrogens (tertiary/aromatic N) is 2. The number of alkyl halides is 3. The van der Waals surface area contributed by atoms with Gasteiger partial charge in [-0.05, 0) is 54.8 Å². The fourth-order valence-electron chi connectivity index (χ4n) is 4.49. The maximum atomic E-state index is 13.7. The van der Waals surface area contributed by atoms with E-state index in [4.69, 9.17) is 4.74 Å². The van der Waals surface area contributed by atoms with E-state index >= 15 is 0 Å². The van der Waals surface area contributed by atoms with Gasteiger partial charge in [-0.25, -0.2) is 8.42 Å². The third kappa shape index (κ3) is 7.55. The van der Waals surface area contributed by atoms with Crippen LogP contribution >= 0.6 is 0 Å². The molecule has 4 rings (SSSR count). The third-order valence-electron chi connectivity index (χ3n) is 6.85. The number of nitrogens with one attached hydrogen (secondary N) is 1. The molecule has 7 nitrogen and oxygen atoms in total. The van der Waals surface area contributed by atoms with Crippen molar-refractivity contribution < 1.29 is 31.1 Å². The van der Waals surface area contributed by atoms with Crippen LogP contribution in [0.1, 0.15) is 22.3 Å². The van der Waals surface area contributed by atoms with Crippen LogP contribution < -0.4 is 0 Å². The Hall–Kier alpha value is -3.67. The molecule has 11 heteroatoms. The number of H-pyrrole nitrogens is 1. The summed E-state index contributed by atoms with van der Waals surface area (Å²) in [5.41, 5.74) is 2.51. The van der Waals surface area contributed by atoms with Crippen molar-refractivity contribution in [1.29, 1.82) is 0 Å². The molecule has 4 aromatic rings. The molecule has 1 heterocycles. The number of rotatable bonds is 12. The molecule has 1 N–H and O–H groups in total. The van der Waals surface area contributed by atoms with Crippen LogP contribution in [0.5, 0.6) is 0 Å². The van der Waals surface area contributed by atoms with Crippen LogP contribution in [-0.2, 0) is 38.7 Å². The van der Waals surface area contributed by atoms with Crippen molar-refractivity contribution in [3.05, 3.63) is 101 Å². The second-order valence-corrected chi connectivity index (χ2v) is 11.7. The number of carbonyl (C=O) groups is 1. The molecule has 1 amide bonds. The highest BCUT2D eigenvalue weighted by atomic mass is 32.2. The van der Waals surface area contributed by atoms with Crippen LogP contribution in [-0.4, -0.2) is 61.9 Å². The molecule has 41 heavy (non-hydrogen) atoms. The second-order valence-electron chi connectivity index (χ2n) is 9.76. The fraction of sp³-hybridized carbons (Fsp3) is 0.300. The van der Waals surface area contributed by atoms with Crippen LogP contribution in [0.2, 0.25) is 0 Å². The minimum atomic E-state index is -4.48. The van der Waals surface area contributed by atoms with Crippen LogP contribution in [0.4, 0.5) is 13.2 Å². The minimum Gasteiger partial charge on any atom is -0.383 e. The highest BCUT2D eigenvalue weighted by Crippen LogP contribution is 2.29. The van der Waals surface area contributed by atoms with Gasteiger partial charge in [0.25, 0.3) is 0 Å². The molecule has 0 aliphatic rings. The highest BCUT2D eigenvalue weighted by molar-refractivity contribution is 7.89. The number of aromatic amines is 1. The zero-order chi connectivity index (χ0) is 29.6. The molecule has 0 unspecified atom stereocenters. The molecule has 0 radical (unpaired) electrons. The smallest absolute Gasteiger partial charge is 0.383 e. The molecule has 0 spiro atoms. The van der Waals surface area contributed by atoms with Crippen LogP contribution in [0, 0.1) is 6.92 Å². The van der Waals surface area contributed by atoms with E-state index in [1.165, 1.54) is 36.3 Å². The Morgan fingerprint density at radius 3 is 2.29 bits per heavy atom. The molecule has 0 saturated carbocycles. The summed E-state index contributed by atoms with van der Waals surface area (Å²) in [5.74, 6) is -0.475. The van der Waals surface area contributed by atoms with Gasteiger partial charge in [-0.3, -0.25) is 4.79 Å². The van der Waals surface area contributed by atoms with Gasteiger partial charge >= 0.3 is 6.18 Å². The molecule has 218 valence electrons. The lowest BCUT2D eigenvalue weighted by Crippen LogP contribution is -2.44. The number of fused-ring (bicyclic) bond motifs is 1. The Balaban J connectivity index is 1.59. The molecule has 0 atom stereocenters. The van der Waals surface area contributed by atoms with Crippen molar-refractivity contribution in [1.82, 2.24) is 14.2 Å². The largest absolute Gasteiger partial charge is 0.416 e. The number of hydrogen-bond acceptors (Lipinski definition) is 4. The lowest BCUT2D eigenvalue weighted by molar-refractivity contribution is -0.137. The molecular weight excluding hydrogens is 555 g/mol. The van der Waals surface area contributed by atoms with Gasteiger partial charge in [0.2, 0.25) is 15.9 Å². The molecule has 0 aliphatic heterocycles. The number of carbonyl (C=O) groups excluding carboxylic acids is 1. The summed E-state index contributed by atoms with van der Waals surface area (Å²) in [6, 6.07) is 18.7. The number of sulfonamides is 1. The maximum Gasteiger partial charge on any atom is 0.416 e. The van der Waals surface area contributed by atoms with E-state index < -0.39 is 34.2 Å². The van der Waals surface area contributed by atoms with Crippen molar-refractivity contribution in [3.63, 3.8) is 0 Å². The first kappa shape index (κ1) is 30.3. The van der Waals surface area contributed by atoms with Gasteiger partial charge in [0.05, 0.1) is 23.6 Å². The van der Waals surface area contributed by atoms with Crippen molar-refractivity contribution in [2.75, 3.05) is 33.4 Å². The maximum absolute atomic E-state index is 13.7. The van der Waals surface area contributed by atoms with Crippen LogP contribution in [0.25, 0.3) is 10.9 Å². The number of aromatic nitrogens is 1. The Bertz CT molecular complexity index is 1570. The first-order chi connectivity index (χ1) is 19.5. The molecule has 0 fully saturated rings. The predicted octanol–water partition coefficient (Wildman–Crippen LogP) is 5.40. The van der Waals surface area contributed by atoms with Gasteiger partial charge in [0.15, 0.2) is 0 Å². The fourth-order valence-corrected chi connectivity index (χ4v) is 5.87. The summed E-state index contributed by atoms with van der Waals surface area (Å²) in [4.78, 5) is 18.4. The van der Waals surface area contributed by atoms with Crippen molar-refractivity contribution in [3.8, 4) is 0 Å². The van der Waals surface area contributed by atoms with Gasteiger partial charge in [-0.2, -0.15) is 17.5 Å². The number of amides is 1. The number of ether oxygens (including phenoxy) is 1. The van der Waals surface area contributed by atoms with Gasteiger partial charge in [-0.1, -0.05) is 48.0 Å². The first-order valence-electron chi connectivity index (χ1n) is 13.0. The highest BCUT2D eigenvalue weighted by Gasteiger charge is 2.31. The van der Waals surface area contributed by atoms with E-state index in [1.807, 2.05) is 37.4 Å². The average Bonchev–Trinajstić information content (AvgIpc) is 3.36. The Morgan fingerprint density at radius 1 is 0.951 bits per heavy atom.